The Hall–Kier alpha value is -2.14. The zero-order valence-corrected chi connectivity index (χ0v) is 12.0. The van der Waals surface area contributed by atoms with E-state index in [2.05, 4.69) is 4.98 Å². The molecule has 1 saturated heterocycles. The maximum atomic E-state index is 11.2. The summed E-state index contributed by atoms with van der Waals surface area (Å²) in [7, 11) is 0. The summed E-state index contributed by atoms with van der Waals surface area (Å²) in [5, 5.41) is 9.19. The summed E-state index contributed by atoms with van der Waals surface area (Å²) in [6.07, 6.45) is 3.24. The van der Waals surface area contributed by atoms with Crippen molar-refractivity contribution in [1.29, 1.82) is 0 Å². The molecule has 0 radical (unpaired) electrons. The van der Waals surface area contributed by atoms with Crippen molar-refractivity contribution in [2.24, 2.45) is 0 Å². The van der Waals surface area contributed by atoms with Gasteiger partial charge in [-0.05, 0) is 38.4 Å². The zero-order valence-electron chi connectivity index (χ0n) is 12.0. The molecule has 1 aromatic carbocycles. The lowest BCUT2D eigenvalue weighted by Crippen LogP contribution is -2.35. The highest BCUT2D eigenvalue weighted by Crippen LogP contribution is 2.23. The summed E-state index contributed by atoms with van der Waals surface area (Å²) in [5.41, 5.74) is 2.90. The van der Waals surface area contributed by atoms with Gasteiger partial charge in [-0.25, -0.2) is 4.98 Å². The Bertz CT molecular complexity index is 633. The third-order valence-electron chi connectivity index (χ3n) is 3.86. The van der Waals surface area contributed by atoms with Gasteiger partial charge in [0.2, 0.25) is 5.89 Å². The number of aromatic nitrogens is 1. The van der Waals surface area contributed by atoms with E-state index in [1.54, 1.807) is 6.26 Å². The smallest absolute Gasteiger partial charge is 0.320 e. The van der Waals surface area contributed by atoms with Crippen LogP contribution >= 0.6 is 0 Å². The first-order valence-electron chi connectivity index (χ1n) is 7.12. The second-order valence-electron chi connectivity index (χ2n) is 5.48. The molecule has 1 aromatic heterocycles. The number of hydrogen-bond donors (Lipinski definition) is 1. The van der Waals surface area contributed by atoms with E-state index >= 15 is 0 Å². The molecular weight excluding hydrogens is 268 g/mol. The average Bonchev–Trinajstić information content (AvgIpc) is 3.09. The van der Waals surface area contributed by atoms with Crippen molar-refractivity contribution in [2.75, 3.05) is 6.54 Å². The zero-order chi connectivity index (χ0) is 14.8. The van der Waals surface area contributed by atoms with Gasteiger partial charge in [-0.3, -0.25) is 9.69 Å². The standard InChI is InChI=1S/C16H18N2O3/c1-11-4-6-12(7-5-11)15-17-13(10-21-15)9-18-8-2-3-14(18)16(19)20/h4-7,10,14H,2-3,8-9H2,1H3,(H,19,20). The predicted octanol–water partition coefficient (Wildman–Crippen LogP) is 2.70. The van der Waals surface area contributed by atoms with E-state index in [1.165, 1.54) is 5.56 Å². The van der Waals surface area contributed by atoms with Gasteiger partial charge in [0.05, 0.1) is 5.69 Å². The van der Waals surface area contributed by atoms with E-state index in [0.29, 0.717) is 18.9 Å². The molecule has 3 rings (SSSR count). The van der Waals surface area contributed by atoms with E-state index in [0.717, 1.165) is 24.2 Å². The number of carbonyl (C=O) groups is 1. The van der Waals surface area contributed by atoms with E-state index in [9.17, 15) is 9.90 Å². The normalized spacial score (nSPS) is 19.0. The third-order valence-corrected chi connectivity index (χ3v) is 3.86. The molecule has 2 aromatic rings. The monoisotopic (exact) mass is 286 g/mol. The quantitative estimate of drug-likeness (QED) is 0.936. The molecule has 0 spiro atoms. The summed E-state index contributed by atoms with van der Waals surface area (Å²) < 4.78 is 5.51. The molecule has 1 atom stereocenters. The molecule has 0 aliphatic carbocycles. The van der Waals surface area contributed by atoms with Crippen LogP contribution in [-0.4, -0.2) is 33.5 Å². The number of likely N-dealkylation sites (tertiary alicyclic amines) is 1. The summed E-state index contributed by atoms with van der Waals surface area (Å²) in [4.78, 5) is 17.6. The number of hydrogen-bond acceptors (Lipinski definition) is 4. The summed E-state index contributed by atoms with van der Waals surface area (Å²) in [6.45, 7) is 3.35. The SMILES string of the molecule is Cc1ccc(-c2nc(CN3CCCC3C(=O)O)co2)cc1. The van der Waals surface area contributed by atoms with Crippen LogP contribution in [0.4, 0.5) is 0 Å². The Morgan fingerprint density at radius 1 is 1.43 bits per heavy atom. The lowest BCUT2D eigenvalue weighted by atomic mass is 10.1. The van der Waals surface area contributed by atoms with E-state index in [4.69, 9.17) is 4.42 Å². The van der Waals surface area contributed by atoms with Crippen LogP contribution in [0.1, 0.15) is 24.1 Å². The first-order chi connectivity index (χ1) is 10.1. The third kappa shape index (κ3) is 2.97. The molecule has 5 nitrogen and oxygen atoms in total. The molecule has 1 aliphatic rings. The molecule has 21 heavy (non-hydrogen) atoms. The van der Waals surface area contributed by atoms with E-state index < -0.39 is 12.0 Å². The second kappa shape index (κ2) is 5.69. The van der Waals surface area contributed by atoms with Crippen molar-refractivity contribution in [2.45, 2.75) is 32.4 Å². The first-order valence-corrected chi connectivity index (χ1v) is 7.12. The maximum Gasteiger partial charge on any atom is 0.320 e. The molecule has 1 fully saturated rings. The van der Waals surface area contributed by atoms with Crippen molar-refractivity contribution in [3.05, 3.63) is 41.8 Å². The lowest BCUT2D eigenvalue weighted by molar-refractivity contribution is -0.142. The van der Waals surface area contributed by atoms with Crippen LogP contribution in [0.5, 0.6) is 0 Å². The van der Waals surface area contributed by atoms with Crippen molar-refractivity contribution in [3.8, 4) is 11.5 Å². The lowest BCUT2D eigenvalue weighted by Gasteiger charge is -2.19. The Morgan fingerprint density at radius 2 is 2.19 bits per heavy atom. The number of benzene rings is 1. The fourth-order valence-electron chi connectivity index (χ4n) is 2.71. The van der Waals surface area contributed by atoms with Gasteiger partial charge in [-0.15, -0.1) is 0 Å². The van der Waals surface area contributed by atoms with Crippen molar-refractivity contribution >= 4 is 5.97 Å². The Balaban J connectivity index is 1.73. The van der Waals surface area contributed by atoms with Crippen LogP contribution in [0.25, 0.3) is 11.5 Å². The Kier molecular flexibility index (Phi) is 3.75. The summed E-state index contributed by atoms with van der Waals surface area (Å²) in [5.74, 6) is -0.175. The van der Waals surface area contributed by atoms with Crippen LogP contribution in [-0.2, 0) is 11.3 Å². The molecule has 1 unspecified atom stereocenters. The number of nitrogens with zero attached hydrogens (tertiary/aromatic N) is 2. The highest BCUT2D eigenvalue weighted by molar-refractivity contribution is 5.73. The molecular formula is C16H18N2O3. The van der Waals surface area contributed by atoms with E-state index in [1.807, 2.05) is 36.1 Å². The minimum atomic E-state index is -0.755. The number of aliphatic carboxylic acids is 1. The summed E-state index contributed by atoms with van der Waals surface area (Å²) in [6, 6.07) is 7.58. The fraction of sp³-hybridized carbons (Fsp3) is 0.375. The van der Waals surface area contributed by atoms with Gasteiger partial charge < -0.3 is 9.52 Å². The Labute approximate surface area is 123 Å². The molecule has 0 bridgehead atoms. The van der Waals surface area contributed by atoms with Crippen LogP contribution in [0, 0.1) is 6.92 Å². The highest BCUT2D eigenvalue weighted by Gasteiger charge is 2.30. The number of oxazole rings is 1. The van der Waals surface area contributed by atoms with Gasteiger partial charge in [0.1, 0.15) is 12.3 Å². The van der Waals surface area contributed by atoms with Crippen molar-refractivity contribution in [1.82, 2.24) is 9.88 Å². The molecule has 0 saturated carbocycles. The van der Waals surface area contributed by atoms with Gasteiger partial charge in [-0.2, -0.15) is 0 Å². The number of carboxylic acid groups (broad SMARTS) is 1. The predicted molar refractivity (Wildman–Crippen MR) is 77.7 cm³/mol. The minimum absolute atomic E-state index is 0.399. The molecule has 2 heterocycles. The van der Waals surface area contributed by atoms with Crippen LogP contribution in [0.15, 0.2) is 34.9 Å². The van der Waals surface area contributed by atoms with Gasteiger partial charge >= 0.3 is 5.97 Å². The van der Waals surface area contributed by atoms with Crippen LogP contribution in [0.2, 0.25) is 0 Å². The highest BCUT2D eigenvalue weighted by atomic mass is 16.4. The van der Waals surface area contributed by atoms with Crippen molar-refractivity contribution < 1.29 is 14.3 Å². The minimum Gasteiger partial charge on any atom is -0.480 e. The number of carboxylic acids is 1. The van der Waals surface area contributed by atoms with E-state index in [-0.39, 0.29) is 0 Å². The second-order valence-corrected chi connectivity index (χ2v) is 5.48. The molecule has 1 aliphatic heterocycles. The topological polar surface area (TPSA) is 66.6 Å². The van der Waals surface area contributed by atoms with Crippen LogP contribution < -0.4 is 0 Å². The molecule has 110 valence electrons. The molecule has 5 heteroatoms. The summed E-state index contributed by atoms with van der Waals surface area (Å²) >= 11 is 0. The van der Waals surface area contributed by atoms with Crippen LogP contribution in [0.3, 0.4) is 0 Å². The number of aryl methyl sites for hydroxylation is 1. The van der Waals surface area contributed by atoms with Gasteiger partial charge in [-0.1, -0.05) is 17.7 Å². The fourth-order valence-corrected chi connectivity index (χ4v) is 2.71. The Morgan fingerprint density at radius 3 is 2.90 bits per heavy atom. The average molecular weight is 286 g/mol. The largest absolute Gasteiger partial charge is 0.480 e. The van der Waals surface area contributed by atoms with Gasteiger partial charge in [0.15, 0.2) is 0 Å². The maximum absolute atomic E-state index is 11.2. The number of rotatable bonds is 4. The van der Waals surface area contributed by atoms with Gasteiger partial charge in [0, 0.05) is 12.1 Å². The molecule has 1 N–H and O–H groups in total. The molecule has 0 amide bonds. The van der Waals surface area contributed by atoms with Crippen molar-refractivity contribution in [3.63, 3.8) is 0 Å². The van der Waals surface area contributed by atoms with Gasteiger partial charge in [0.25, 0.3) is 0 Å². The first kappa shape index (κ1) is 13.8.